The topological polar surface area (TPSA) is 88.6 Å². The number of nitrogens with one attached hydrogen (secondary N) is 1. The van der Waals surface area contributed by atoms with Crippen LogP contribution in [0.5, 0.6) is 0 Å². The molecule has 0 unspecified atom stereocenters. The van der Waals surface area contributed by atoms with Crippen molar-refractivity contribution in [2.24, 2.45) is 0 Å². The molecule has 1 saturated heterocycles. The minimum atomic E-state index is -3.57. The van der Waals surface area contributed by atoms with Crippen molar-refractivity contribution in [1.82, 2.24) is 9.29 Å². The Morgan fingerprint density at radius 3 is 2.57 bits per heavy atom. The highest BCUT2D eigenvalue weighted by molar-refractivity contribution is 7.89. The van der Waals surface area contributed by atoms with E-state index in [-0.39, 0.29) is 10.8 Å². The van der Waals surface area contributed by atoms with Gasteiger partial charge in [-0.05, 0) is 49.4 Å². The number of anilines is 1. The molecule has 1 amide bonds. The molecular weight excluding hydrogens is 398 g/mol. The lowest BCUT2D eigenvalue weighted by atomic mass is 10.2. The highest BCUT2D eigenvalue weighted by Crippen LogP contribution is 2.25. The number of hydrogen-bond acceptors (Lipinski definition) is 6. The van der Waals surface area contributed by atoms with E-state index in [1.165, 1.54) is 28.6 Å². The number of ether oxygens (including phenoxy) is 1. The molecule has 0 radical (unpaired) electrons. The molecule has 1 aliphatic heterocycles. The Labute approximate surface area is 167 Å². The zero-order valence-electron chi connectivity index (χ0n) is 15.2. The molecule has 2 heterocycles. The van der Waals surface area contributed by atoms with Crippen LogP contribution in [0, 0.1) is 6.92 Å². The molecule has 146 valence electrons. The molecule has 0 spiro atoms. The smallest absolute Gasteiger partial charge is 0.255 e. The Hall–Kier alpha value is -2.33. The number of nitrogens with zero attached hydrogens (tertiary/aromatic N) is 2. The van der Waals surface area contributed by atoms with Crippen LogP contribution in [-0.2, 0) is 14.8 Å². The van der Waals surface area contributed by atoms with Crippen LogP contribution in [0.2, 0.25) is 0 Å². The van der Waals surface area contributed by atoms with Gasteiger partial charge in [0.05, 0.1) is 33.3 Å². The highest BCUT2D eigenvalue weighted by Gasteiger charge is 2.26. The van der Waals surface area contributed by atoms with E-state index in [2.05, 4.69) is 10.3 Å². The van der Waals surface area contributed by atoms with Gasteiger partial charge < -0.3 is 10.1 Å². The van der Waals surface area contributed by atoms with Crippen molar-refractivity contribution in [3.63, 3.8) is 0 Å². The van der Waals surface area contributed by atoms with Crippen molar-refractivity contribution >= 4 is 43.2 Å². The van der Waals surface area contributed by atoms with Crippen LogP contribution >= 0.6 is 11.3 Å². The van der Waals surface area contributed by atoms with Crippen LogP contribution < -0.4 is 5.32 Å². The van der Waals surface area contributed by atoms with Gasteiger partial charge in [0.25, 0.3) is 5.91 Å². The number of fused-ring (bicyclic) bond motifs is 1. The molecule has 7 nitrogen and oxygen atoms in total. The van der Waals surface area contributed by atoms with Gasteiger partial charge >= 0.3 is 0 Å². The number of thiazole rings is 1. The highest BCUT2D eigenvalue weighted by atomic mass is 32.2. The van der Waals surface area contributed by atoms with E-state index in [1.54, 1.807) is 11.3 Å². The lowest BCUT2D eigenvalue weighted by molar-refractivity contribution is 0.0730. The van der Waals surface area contributed by atoms with Gasteiger partial charge in [-0.15, -0.1) is 11.3 Å². The maximum Gasteiger partial charge on any atom is 0.255 e. The quantitative estimate of drug-likeness (QED) is 0.705. The molecule has 3 aromatic rings. The SMILES string of the molecule is Cc1nc2cc(NC(=O)c3ccc(S(=O)(=O)N4CCOCC4)cc3)ccc2s1. The minimum absolute atomic E-state index is 0.172. The zero-order chi connectivity index (χ0) is 19.7. The van der Waals surface area contributed by atoms with Crippen LogP contribution in [0.15, 0.2) is 47.4 Å². The monoisotopic (exact) mass is 417 g/mol. The lowest BCUT2D eigenvalue weighted by Gasteiger charge is -2.26. The zero-order valence-corrected chi connectivity index (χ0v) is 16.8. The second-order valence-corrected chi connectivity index (χ2v) is 9.58. The number of rotatable bonds is 4. The summed E-state index contributed by atoms with van der Waals surface area (Å²) in [6, 6.07) is 11.6. The van der Waals surface area contributed by atoms with E-state index in [1.807, 2.05) is 25.1 Å². The number of hydrogen-bond donors (Lipinski definition) is 1. The first kappa shape index (κ1) is 19.0. The fraction of sp³-hybridized carbons (Fsp3) is 0.263. The van der Waals surface area contributed by atoms with Crippen molar-refractivity contribution in [2.75, 3.05) is 31.6 Å². The third kappa shape index (κ3) is 3.79. The number of morpholine rings is 1. The van der Waals surface area contributed by atoms with Crippen LogP contribution in [0.3, 0.4) is 0 Å². The molecule has 9 heteroatoms. The fourth-order valence-electron chi connectivity index (χ4n) is 3.04. The van der Waals surface area contributed by atoms with Gasteiger partial charge in [0.2, 0.25) is 10.0 Å². The normalized spacial score (nSPS) is 15.6. The molecule has 0 aliphatic carbocycles. The molecule has 2 aromatic carbocycles. The first-order valence-corrected chi connectivity index (χ1v) is 11.1. The van der Waals surface area contributed by atoms with Gasteiger partial charge in [-0.2, -0.15) is 4.31 Å². The van der Waals surface area contributed by atoms with Gasteiger partial charge in [0.1, 0.15) is 0 Å². The second kappa shape index (κ2) is 7.59. The van der Waals surface area contributed by atoms with Crippen LogP contribution in [0.1, 0.15) is 15.4 Å². The molecule has 1 aromatic heterocycles. The molecule has 1 fully saturated rings. The minimum Gasteiger partial charge on any atom is -0.379 e. The van der Waals surface area contributed by atoms with Crippen molar-refractivity contribution in [3.8, 4) is 0 Å². The first-order valence-electron chi connectivity index (χ1n) is 8.80. The maximum atomic E-state index is 12.6. The van der Waals surface area contributed by atoms with Crippen molar-refractivity contribution in [1.29, 1.82) is 0 Å². The maximum absolute atomic E-state index is 12.6. The van der Waals surface area contributed by atoms with Crippen molar-refractivity contribution in [3.05, 3.63) is 53.0 Å². The van der Waals surface area contributed by atoms with E-state index >= 15 is 0 Å². The molecule has 4 rings (SSSR count). The summed E-state index contributed by atoms with van der Waals surface area (Å²) in [4.78, 5) is 17.1. The summed E-state index contributed by atoms with van der Waals surface area (Å²) in [6.07, 6.45) is 0. The van der Waals surface area contributed by atoms with Gasteiger partial charge in [-0.25, -0.2) is 13.4 Å². The Kier molecular flexibility index (Phi) is 5.15. The molecule has 0 saturated carbocycles. The van der Waals surface area contributed by atoms with Crippen LogP contribution in [0.25, 0.3) is 10.2 Å². The summed E-state index contributed by atoms with van der Waals surface area (Å²) in [5, 5.41) is 3.80. The van der Waals surface area contributed by atoms with Gasteiger partial charge in [0, 0.05) is 24.3 Å². The predicted molar refractivity (Wildman–Crippen MR) is 108 cm³/mol. The Balaban J connectivity index is 1.50. The molecule has 0 bridgehead atoms. The summed E-state index contributed by atoms with van der Waals surface area (Å²) in [5.41, 5.74) is 1.87. The Morgan fingerprint density at radius 2 is 1.86 bits per heavy atom. The number of sulfonamides is 1. The van der Waals surface area contributed by atoms with Crippen LogP contribution in [-0.4, -0.2) is 49.9 Å². The number of aryl methyl sites for hydroxylation is 1. The van der Waals surface area contributed by atoms with E-state index in [4.69, 9.17) is 4.74 Å². The molecular formula is C19H19N3O4S2. The summed E-state index contributed by atoms with van der Waals surface area (Å²) < 4.78 is 33.0. The first-order chi connectivity index (χ1) is 13.4. The van der Waals surface area contributed by atoms with Gasteiger partial charge in [-0.1, -0.05) is 0 Å². The summed E-state index contributed by atoms with van der Waals surface area (Å²) in [6.45, 7) is 3.40. The van der Waals surface area contributed by atoms with Crippen molar-refractivity contribution in [2.45, 2.75) is 11.8 Å². The van der Waals surface area contributed by atoms with E-state index < -0.39 is 10.0 Å². The number of carbonyl (C=O) groups excluding carboxylic acids is 1. The number of carbonyl (C=O) groups is 1. The number of benzene rings is 2. The Morgan fingerprint density at radius 1 is 1.14 bits per heavy atom. The third-order valence-corrected chi connectivity index (χ3v) is 7.34. The Bertz CT molecular complexity index is 1120. The largest absolute Gasteiger partial charge is 0.379 e. The van der Waals surface area contributed by atoms with Gasteiger partial charge in [0.15, 0.2) is 0 Å². The molecule has 28 heavy (non-hydrogen) atoms. The predicted octanol–water partition coefficient (Wildman–Crippen LogP) is 2.88. The second-order valence-electron chi connectivity index (χ2n) is 6.41. The average Bonchev–Trinajstić information content (AvgIpc) is 3.08. The lowest BCUT2D eigenvalue weighted by Crippen LogP contribution is -2.40. The molecule has 1 aliphatic rings. The standard InChI is InChI=1S/C19H19N3O4S2/c1-13-20-17-12-15(4-7-18(17)27-13)21-19(23)14-2-5-16(6-3-14)28(24,25)22-8-10-26-11-9-22/h2-7,12H,8-11H2,1H3,(H,21,23). The summed E-state index contributed by atoms with van der Waals surface area (Å²) in [7, 11) is -3.57. The van der Waals surface area contributed by atoms with E-state index in [9.17, 15) is 13.2 Å². The number of aromatic nitrogens is 1. The van der Waals surface area contributed by atoms with Crippen LogP contribution in [0.4, 0.5) is 5.69 Å². The number of amides is 1. The van der Waals surface area contributed by atoms with Crippen molar-refractivity contribution < 1.29 is 17.9 Å². The average molecular weight is 418 g/mol. The molecule has 1 N–H and O–H groups in total. The molecule has 0 atom stereocenters. The summed E-state index contributed by atoms with van der Waals surface area (Å²) >= 11 is 1.60. The van der Waals surface area contributed by atoms with Gasteiger partial charge in [-0.3, -0.25) is 4.79 Å². The fourth-order valence-corrected chi connectivity index (χ4v) is 5.25. The van der Waals surface area contributed by atoms with E-state index in [0.717, 1.165) is 15.2 Å². The third-order valence-electron chi connectivity index (χ3n) is 4.48. The van der Waals surface area contributed by atoms with E-state index in [0.29, 0.717) is 37.6 Å². The summed E-state index contributed by atoms with van der Waals surface area (Å²) in [5.74, 6) is -0.304.